The van der Waals surface area contributed by atoms with E-state index in [2.05, 4.69) is 57.6 Å². The van der Waals surface area contributed by atoms with Crippen molar-refractivity contribution in [3.8, 4) is 0 Å². The third-order valence-electron chi connectivity index (χ3n) is 2.68. The lowest BCUT2D eigenvalue weighted by Crippen LogP contribution is -2.26. The largest absolute Gasteiger partial charge is 0.383 e. The van der Waals surface area contributed by atoms with Gasteiger partial charge >= 0.3 is 0 Å². The van der Waals surface area contributed by atoms with Gasteiger partial charge in [0.15, 0.2) is 0 Å². The average Bonchev–Trinajstić information content (AvgIpc) is 2.82. The lowest BCUT2D eigenvalue weighted by Gasteiger charge is -2.24. The first-order chi connectivity index (χ1) is 8.09. The highest BCUT2D eigenvalue weighted by molar-refractivity contribution is 9.10. The van der Waals surface area contributed by atoms with Gasteiger partial charge in [0, 0.05) is 29.2 Å². The van der Waals surface area contributed by atoms with Gasteiger partial charge in [-0.25, -0.2) is 0 Å². The van der Waals surface area contributed by atoms with Crippen LogP contribution in [0.2, 0.25) is 0 Å². The second-order valence-electron chi connectivity index (χ2n) is 4.57. The summed E-state index contributed by atoms with van der Waals surface area (Å²) in [6.45, 7) is 5.40. The molecule has 0 radical (unpaired) electrons. The fraction of sp³-hybridized carbons (Fsp3) is 0.308. The van der Waals surface area contributed by atoms with E-state index < -0.39 is 0 Å². The predicted molar refractivity (Wildman–Crippen MR) is 77.8 cm³/mol. The van der Waals surface area contributed by atoms with Crippen molar-refractivity contribution < 1.29 is 0 Å². The molecule has 0 fully saturated rings. The number of hydrogen-bond acceptors (Lipinski definition) is 3. The summed E-state index contributed by atoms with van der Waals surface area (Å²) in [5, 5.41) is 5.59. The molecule has 1 N–H and O–H groups in total. The Morgan fingerprint density at radius 1 is 1.41 bits per heavy atom. The molecule has 0 saturated carbocycles. The molecule has 90 valence electrons. The molecular formula is C13H15BrN2S. The molecule has 0 bridgehead atoms. The molecule has 0 atom stereocenters. The summed E-state index contributed by atoms with van der Waals surface area (Å²) in [6, 6.07) is 6.27. The molecular weight excluding hydrogens is 296 g/mol. The Morgan fingerprint density at radius 2 is 2.24 bits per heavy atom. The fourth-order valence-corrected chi connectivity index (χ4v) is 2.83. The molecule has 0 saturated heterocycles. The van der Waals surface area contributed by atoms with E-state index in [1.807, 2.05) is 6.07 Å². The molecule has 0 aliphatic rings. The number of aromatic nitrogens is 1. The maximum Gasteiger partial charge on any atom is 0.0590 e. The van der Waals surface area contributed by atoms with Crippen LogP contribution in [-0.2, 0) is 5.41 Å². The van der Waals surface area contributed by atoms with Crippen LogP contribution in [0.25, 0.3) is 0 Å². The van der Waals surface area contributed by atoms with Gasteiger partial charge in [-0.2, -0.15) is 0 Å². The van der Waals surface area contributed by atoms with Crippen LogP contribution in [0, 0.1) is 0 Å². The van der Waals surface area contributed by atoms with Crippen LogP contribution in [0.1, 0.15) is 18.7 Å². The Kier molecular flexibility index (Phi) is 3.84. The molecule has 0 spiro atoms. The Hall–Kier alpha value is -0.870. The number of rotatable bonds is 4. The summed E-state index contributed by atoms with van der Waals surface area (Å²) >= 11 is 5.30. The first-order valence-corrected chi connectivity index (χ1v) is 7.14. The summed E-state index contributed by atoms with van der Waals surface area (Å²) in [7, 11) is 0. The minimum absolute atomic E-state index is 0.136. The molecule has 0 aliphatic carbocycles. The van der Waals surface area contributed by atoms with E-state index in [0.717, 1.165) is 16.7 Å². The lowest BCUT2D eigenvalue weighted by molar-refractivity contribution is 0.569. The molecule has 2 aromatic heterocycles. The molecule has 2 heterocycles. The number of pyridine rings is 1. The summed E-state index contributed by atoms with van der Waals surface area (Å²) < 4.78 is 1.00. The Balaban J connectivity index is 2.06. The second kappa shape index (κ2) is 5.19. The number of halogens is 1. The number of anilines is 1. The maximum absolute atomic E-state index is 4.05. The summed E-state index contributed by atoms with van der Waals surface area (Å²) in [5.74, 6) is 0. The normalized spacial score (nSPS) is 11.5. The molecule has 0 aromatic carbocycles. The summed E-state index contributed by atoms with van der Waals surface area (Å²) in [5.41, 5.74) is 1.22. The number of nitrogens with one attached hydrogen (secondary N) is 1. The van der Waals surface area contributed by atoms with Crippen molar-refractivity contribution in [3.63, 3.8) is 0 Å². The number of hydrogen-bond donors (Lipinski definition) is 1. The van der Waals surface area contributed by atoms with E-state index in [-0.39, 0.29) is 5.41 Å². The minimum atomic E-state index is 0.136. The molecule has 17 heavy (non-hydrogen) atoms. The highest BCUT2D eigenvalue weighted by Gasteiger charge is 2.21. The van der Waals surface area contributed by atoms with Crippen LogP contribution in [0.15, 0.2) is 40.4 Å². The van der Waals surface area contributed by atoms with Gasteiger partial charge in [-0.15, -0.1) is 11.3 Å². The van der Waals surface area contributed by atoms with Crippen molar-refractivity contribution in [3.05, 3.63) is 45.3 Å². The molecule has 2 rings (SSSR count). The highest BCUT2D eigenvalue weighted by Crippen LogP contribution is 2.29. The van der Waals surface area contributed by atoms with Gasteiger partial charge in [-0.05, 0) is 33.4 Å². The zero-order valence-electron chi connectivity index (χ0n) is 9.90. The summed E-state index contributed by atoms with van der Waals surface area (Å²) in [4.78, 5) is 5.45. The van der Waals surface area contributed by atoms with Crippen LogP contribution in [0.4, 0.5) is 5.69 Å². The highest BCUT2D eigenvalue weighted by atomic mass is 79.9. The van der Waals surface area contributed by atoms with E-state index in [1.54, 1.807) is 23.7 Å². The molecule has 0 aliphatic heterocycles. The van der Waals surface area contributed by atoms with Crippen molar-refractivity contribution in [1.82, 2.24) is 4.98 Å². The van der Waals surface area contributed by atoms with Gasteiger partial charge in [0.1, 0.15) is 0 Å². The average molecular weight is 311 g/mol. The summed E-state index contributed by atoms with van der Waals surface area (Å²) in [6.07, 6.45) is 3.60. The molecule has 0 amide bonds. The van der Waals surface area contributed by atoms with Gasteiger partial charge in [0.05, 0.1) is 10.2 Å². The lowest BCUT2D eigenvalue weighted by atomic mass is 9.91. The SMILES string of the molecule is CC(C)(CNc1ccncc1Br)c1cccs1. The smallest absolute Gasteiger partial charge is 0.0590 e. The monoisotopic (exact) mass is 310 g/mol. The first-order valence-electron chi connectivity index (χ1n) is 5.47. The fourth-order valence-electron chi connectivity index (χ4n) is 1.59. The predicted octanol–water partition coefficient (Wildman–Crippen LogP) is 4.30. The van der Waals surface area contributed by atoms with Crippen molar-refractivity contribution in [2.45, 2.75) is 19.3 Å². The van der Waals surface area contributed by atoms with Gasteiger partial charge < -0.3 is 5.32 Å². The van der Waals surface area contributed by atoms with Crippen LogP contribution >= 0.6 is 27.3 Å². The third kappa shape index (κ3) is 3.07. The standard InChI is InChI=1S/C13H15BrN2S/c1-13(2,12-4-3-7-17-12)9-16-11-5-6-15-8-10(11)14/h3-8H,9H2,1-2H3,(H,15,16). The molecule has 4 heteroatoms. The van der Waals surface area contributed by atoms with Gasteiger partial charge in [-0.1, -0.05) is 19.9 Å². The van der Waals surface area contributed by atoms with E-state index >= 15 is 0 Å². The van der Waals surface area contributed by atoms with Crippen LogP contribution in [-0.4, -0.2) is 11.5 Å². The van der Waals surface area contributed by atoms with E-state index in [9.17, 15) is 0 Å². The Morgan fingerprint density at radius 3 is 2.88 bits per heavy atom. The van der Waals surface area contributed by atoms with Crippen molar-refractivity contribution >= 4 is 33.0 Å². The van der Waals surface area contributed by atoms with Crippen molar-refractivity contribution in [1.29, 1.82) is 0 Å². The van der Waals surface area contributed by atoms with Crippen molar-refractivity contribution in [2.75, 3.05) is 11.9 Å². The third-order valence-corrected chi connectivity index (χ3v) is 4.55. The van der Waals surface area contributed by atoms with E-state index in [1.165, 1.54) is 4.88 Å². The number of nitrogens with zero attached hydrogens (tertiary/aromatic N) is 1. The quantitative estimate of drug-likeness (QED) is 0.911. The molecule has 0 unspecified atom stereocenters. The van der Waals surface area contributed by atoms with Gasteiger partial charge in [-0.3, -0.25) is 4.98 Å². The second-order valence-corrected chi connectivity index (χ2v) is 6.37. The van der Waals surface area contributed by atoms with Crippen molar-refractivity contribution in [2.24, 2.45) is 0 Å². The van der Waals surface area contributed by atoms with Crippen LogP contribution in [0.3, 0.4) is 0 Å². The Bertz CT molecular complexity index is 480. The van der Waals surface area contributed by atoms with Crippen LogP contribution in [0.5, 0.6) is 0 Å². The van der Waals surface area contributed by atoms with Gasteiger partial charge in [0.25, 0.3) is 0 Å². The first kappa shape index (κ1) is 12.6. The molecule has 2 nitrogen and oxygen atoms in total. The van der Waals surface area contributed by atoms with Crippen LogP contribution < -0.4 is 5.32 Å². The maximum atomic E-state index is 4.05. The van der Waals surface area contributed by atoms with Gasteiger partial charge in [0.2, 0.25) is 0 Å². The number of thiophene rings is 1. The Labute approximate surface area is 114 Å². The molecule has 2 aromatic rings. The van der Waals surface area contributed by atoms with E-state index in [4.69, 9.17) is 0 Å². The zero-order chi connectivity index (χ0) is 12.3. The zero-order valence-corrected chi connectivity index (χ0v) is 12.3. The topological polar surface area (TPSA) is 24.9 Å². The van der Waals surface area contributed by atoms with E-state index in [0.29, 0.717) is 0 Å². The minimum Gasteiger partial charge on any atom is -0.383 e.